The highest BCUT2D eigenvalue weighted by Crippen LogP contribution is 2.32. The molecule has 0 radical (unpaired) electrons. The fourth-order valence-corrected chi connectivity index (χ4v) is 4.61. The Morgan fingerprint density at radius 1 is 0.846 bits per heavy atom. The second kappa shape index (κ2) is 12.3. The monoisotopic (exact) mass is 529 g/mol. The molecule has 0 spiro atoms. The van der Waals surface area contributed by atoms with Gasteiger partial charge in [-0.1, -0.05) is 24.3 Å². The minimum Gasteiger partial charge on any atom is -0.457 e. The third-order valence-electron chi connectivity index (χ3n) is 6.81. The van der Waals surface area contributed by atoms with Gasteiger partial charge in [0.25, 0.3) is 0 Å². The molecule has 2 heterocycles. The summed E-state index contributed by atoms with van der Waals surface area (Å²) in [5.41, 5.74) is 1.58. The highest BCUT2D eigenvalue weighted by atomic mass is 16.7. The van der Waals surface area contributed by atoms with E-state index in [1.54, 1.807) is 29.2 Å². The van der Waals surface area contributed by atoms with E-state index in [1.165, 1.54) is 0 Å². The fourth-order valence-electron chi connectivity index (χ4n) is 4.61. The maximum atomic E-state index is 12.7. The van der Waals surface area contributed by atoms with Crippen molar-refractivity contribution in [2.75, 3.05) is 25.2 Å². The Labute approximate surface area is 227 Å². The number of nitrogens with zero attached hydrogens (tertiary/aromatic N) is 1. The van der Waals surface area contributed by atoms with Gasteiger partial charge >= 0.3 is 0 Å². The number of nitrogens with one attached hydrogen (secondary N) is 2. The Morgan fingerprint density at radius 2 is 1.56 bits per heavy atom. The summed E-state index contributed by atoms with van der Waals surface area (Å²) < 4.78 is 16.5. The molecule has 3 aromatic rings. The molecule has 0 aromatic heterocycles. The van der Waals surface area contributed by atoms with Gasteiger partial charge in [0.2, 0.25) is 24.5 Å². The number of hydrogen-bond donors (Lipinski definition) is 2. The van der Waals surface area contributed by atoms with E-state index < -0.39 is 0 Å². The van der Waals surface area contributed by atoms with Crippen LogP contribution in [-0.2, 0) is 20.9 Å². The Morgan fingerprint density at radius 3 is 2.33 bits per heavy atom. The first kappa shape index (κ1) is 26.1. The predicted molar refractivity (Wildman–Crippen MR) is 145 cm³/mol. The van der Waals surface area contributed by atoms with E-state index in [0.29, 0.717) is 55.4 Å². The summed E-state index contributed by atoms with van der Waals surface area (Å²) in [5, 5.41) is 5.80. The topological polar surface area (TPSA) is 106 Å². The average molecular weight is 530 g/mol. The van der Waals surface area contributed by atoms with Gasteiger partial charge in [0.1, 0.15) is 11.5 Å². The van der Waals surface area contributed by atoms with Crippen LogP contribution < -0.4 is 24.8 Å². The van der Waals surface area contributed by atoms with Gasteiger partial charge in [0, 0.05) is 44.1 Å². The number of carbonyl (C=O) groups excluding carboxylic acids is 3. The van der Waals surface area contributed by atoms with E-state index in [-0.39, 0.29) is 43.3 Å². The lowest BCUT2D eigenvalue weighted by Crippen LogP contribution is -2.43. The van der Waals surface area contributed by atoms with Crippen molar-refractivity contribution in [1.29, 1.82) is 0 Å². The zero-order valence-corrected chi connectivity index (χ0v) is 21.6. The lowest BCUT2D eigenvalue weighted by atomic mass is 9.95. The van der Waals surface area contributed by atoms with Crippen LogP contribution in [0.5, 0.6) is 23.0 Å². The van der Waals surface area contributed by atoms with Crippen LogP contribution in [0.1, 0.15) is 31.2 Å². The molecule has 3 amide bonds. The molecule has 39 heavy (non-hydrogen) atoms. The van der Waals surface area contributed by atoms with Crippen LogP contribution in [0.2, 0.25) is 0 Å². The first-order chi connectivity index (χ1) is 19.0. The molecule has 0 saturated carbocycles. The zero-order chi connectivity index (χ0) is 27.0. The van der Waals surface area contributed by atoms with Crippen molar-refractivity contribution in [2.45, 2.75) is 32.2 Å². The molecular weight excluding hydrogens is 498 g/mol. The second-order valence-electron chi connectivity index (χ2n) is 9.55. The second-order valence-corrected chi connectivity index (χ2v) is 9.55. The van der Waals surface area contributed by atoms with Gasteiger partial charge in [-0.3, -0.25) is 14.4 Å². The Balaban J connectivity index is 0.994. The maximum Gasteiger partial charge on any atom is 0.231 e. The van der Waals surface area contributed by atoms with E-state index in [0.717, 1.165) is 11.3 Å². The minimum atomic E-state index is -0.224. The SMILES string of the molecule is O=C(CCC(=O)N1CCC(C(=O)NCc2ccc3c(c2)OCO3)CC1)Nc1ccc(Oc2ccccc2)cc1. The zero-order valence-electron chi connectivity index (χ0n) is 21.6. The molecule has 1 fully saturated rings. The van der Waals surface area contributed by atoms with Gasteiger partial charge in [0.05, 0.1) is 0 Å². The van der Waals surface area contributed by atoms with Gasteiger partial charge < -0.3 is 29.7 Å². The predicted octanol–water partition coefficient (Wildman–Crippen LogP) is 4.48. The molecule has 2 N–H and O–H groups in total. The molecule has 3 aromatic carbocycles. The molecule has 1 saturated heterocycles. The fraction of sp³-hybridized carbons (Fsp3) is 0.300. The van der Waals surface area contributed by atoms with Crippen LogP contribution >= 0.6 is 0 Å². The Bertz CT molecular complexity index is 1300. The number of fused-ring (bicyclic) bond motifs is 1. The summed E-state index contributed by atoms with van der Waals surface area (Å²) in [6.45, 7) is 1.63. The number of para-hydroxylation sites is 1. The maximum absolute atomic E-state index is 12.7. The minimum absolute atomic E-state index is 0.0145. The van der Waals surface area contributed by atoms with Crippen molar-refractivity contribution in [3.05, 3.63) is 78.4 Å². The first-order valence-electron chi connectivity index (χ1n) is 13.1. The number of likely N-dealkylation sites (tertiary alicyclic amines) is 1. The van der Waals surface area contributed by atoms with Crippen molar-refractivity contribution >= 4 is 23.4 Å². The van der Waals surface area contributed by atoms with Gasteiger partial charge in [-0.25, -0.2) is 0 Å². The van der Waals surface area contributed by atoms with E-state index in [4.69, 9.17) is 14.2 Å². The Kier molecular flexibility index (Phi) is 8.26. The summed E-state index contributed by atoms with van der Waals surface area (Å²) in [7, 11) is 0. The van der Waals surface area contributed by atoms with Gasteiger partial charge in [0.15, 0.2) is 11.5 Å². The van der Waals surface area contributed by atoms with Crippen molar-refractivity contribution in [3.63, 3.8) is 0 Å². The van der Waals surface area contributed by atoms with E-state index in [1.807, 2.05) is 48.5 Å². The van der Waals surface area contributed by atoms with Crippen LogP contribution in [0, 0.1) is 5.92 Å². The summed E-state index contributed by atoms with van der Waals surface area (Å²) in [5.74, 6) is 2.35. The number of ether oxygens (including phenoxy) is 3. The van der Waals surface area contributed by atoms with E-state index in [9.17, 15) is 14.4 Å². The largest absolute Gasteiger partial charge is 0.457 e. The van der Waals surface area contributed by atoms with Crippen LogP contribution in [0.25, 0.3) is 0 Å². The third kappa shape index (κ3) is 7.07. The summed E-state index contributed by atoms with van der Waals surface area (Å²) in [6.07, 6.45) is 1.42. The van der Waals surface area contributed by atoms with Gasteiger partial charge in [-0.2, -0.15) is 0 Å². The van der Waals surface area contributed by atoms with Crippen molar-refractivity contribution in [1.82, 2.24) is 10.2 Å². The summed E-state index contributed by atoms with van der Waals surface area (Å²) in [4.78, 5) is 39.4. The molecule has 0 atom stereocenters. The standard InChI is InChI=1S/C30H31N3O6/c34-28(32-23-7-9-25(10-8-23)39-24-4-2-1-3-5-24)12-13-29(35)33-16-14-22(15-17-33)30(36)31-19-21-6-11-26-27(18-21)38-20-37-26/h1-11,18,22H,12-17,19-20H2,(H,31,36)(H,32,34). The number of amides is 3. The molecule has 9 heteroatoms. The number of carbonyl (C=O) groups is 3. The lowest BCUT2D eigenvalue weighted by Gasteiger charge is -2.31. The third-order valence-corrected chi connectivity index (χ3v) is 6.81. The van der Waals surface area contributed by atoms with E-state index in [2.05, 4.69) is 10.6 Å². The molecule has 5 rings (SSSR count). The number of piperidine rings is 1. The lowest BCUT2D eigenvalue weighted by molar-refractivity contribution is -0.136. The van der Waals surface area contributed by atoms with Crippen molar-refractivity contribution in [3.8, 4) is 23.0 Å². The molecule has 0 bridgehead atoms. The molecule has 2 aliphatic heterocycles. The van der Waals surface area contributed by atoms with Crippen LogP contribution in [0.15, 0.2) is 72.8 Å². The first-order valence-corrected chi connectivity index (χ1v) is 13.1. The van der Waals surface area contributed by atoms with Gasteiger partial charge in [-0.05, 0) is 66.9 Å². The molecule has 0 aliphatic carbocycles. The molecule has 202 valence electrons. The molecule has 0 unspecified atom stereocenters. The van der Waals surface area contributed by atoms with Crippen LogP contribution in [0.4, 0.5) is 5.69 Å². The highest BCUT2D eigenvalue weighted by Gasteiger charge is 2.27. The molecule has 9 nitrogen and oxygen atoms in total. The number of benzene rings is 3. The smallest absolute Gasteiger partial charge is 0.231 e. The summed E-state index contributed by atoms with van der Waals surface area (Å²) in [6, 6.07) is 22.2. The van der Waals surface area contributed by atoms with Crippen molar-refractivity contribution < 1.29 is 28.6 Å². The molecule has 2 aliphatic rings. The van der Waals surface area contributed by atoms with Crippen LogP contribution in [0.3, 0.4) is 0 Å². The number of anilines is 1. The highest BCUT2D eigenvalue weighted by molar-refractivity contribution is 5.93. The normalized spacial score (nSPS) is 14.5. The number of hydrogen-bond acceptors (Lipinski definition) is 6. The number of rotatable bonds is 9. The van der Waals surface area contributed by atoms with E-state index >= 15 is 0 Å². The summed E-state index contributed by atoms with van der Waals surface area (Å²) >= 11 is 0. The average Bonchev–Trinajstić information content (AvgIpc) is 3.44. The van der Waals surface area contributed by atoms with Crippen molar-refractivity contribution in [2.24, 2.45) is 5.92 Å². The van der Waals surface area contributed by atoms with Crippen LogP contribution in [-0.4, -0.2) is 42.5 Å². The molecular formula is C30H31N3O6. The Hall–Kier alpha value is -4.53. The van der Waals surface area contributed by atoms with Gasteiger partial charge in [-0.15, -0.1) is 0 Å². The quantitative estimate of drug-likeness (QED) is 0.423.